The van der Waals surface area contributed by atoms with Crippen molar-refractivity contribution in [2.75, 3.05) is 7.11 Å². The van der Waals surface area contributed by atoms with E-state index in [2.05, 4.69) is 9.97 Å². The third-order valence-electron chi connectivity index (χ3n) is 4.61. The average molecular weight is 344 g/mol. The number of benzene rings is 2. The van der Waals surface area contributed by atoms with Crippen LogP contribution in [0.1, 0.15) is 0 Å². The first kappa shape index (κ1) is 13.5. The maximum atomic E-state index is 5.96. The van der Waals surface area contributed by atoms with Gasteiger partial charge in [0.2, 0.25) is 5.88 Å². The number of rotatable bonds is 2. The molecule has 6 rings (SSSR count). The molecule has 0 radical (unpaired) electrons. The number of oxazole rings is 2. The summed E-state index contributed by atoms with van der Waals surface area (Å²) < 4.78 is 20.5. The fourth-order valence-corrected chi connectivity index (χ4v) is 3.39. The maximum absolute atomic E-state index is 5.96. The molecule has 4 heterocycles. The molecule has 7 heteroatoms. The summed E-state index contributed by atoms with van der Waals surface area (Å²) in [5.74, 6) is 2.41. The Morgan fingerprint density at radius 1 is 0.962 bits per heavy atom. The van der Waals surface area contributed by atoms with E-state index in [9.17, 15) is 0 Å². The first-order valence-electron chi connectivity index (χ1n) is 8.12. The number of hydrogen-bond donors (Lipinski definition) is 0. The van der Waals surface area contributed by atoms with Gasteiger partial charge in [-0.05, 0) is 30.3 Å². The Morgan fingerprint density at radius 3 is 2.77 bits per heavy atom. The highest BCUT2D eigenvalue weighted by molar-refractivity contribution is 5.85. The second-order valence-electron chi connectivity index (χ2n) is 6.06. The van der Waals surface area contributed by atoms with Gasteiger partial charge in [0, 0.05) is 5.56 Å². The van der Waals surface area contributed by atoms with Crippen LogP contribution in [-0.4, -0.2) is 25.9 Å². The van der Waals surface area contributed by atoms with Gasteiger partial charge < -0.3 is 13.6 Å². The van der Waals surface area contributed by atoms with Gasteiger partial charge in [-0.25, -0.2) is 4.40 Å². The van der Waals surface area contributed by atoms with Crippen molar-refractivity contribution in [2.24, 2.45) is 0 Å². The van der Waals surface area contributed by atoms with Crippen LogP contribution < -0.4 is 4.74 Å². The van der Waals surface area contributed by atoms with Crippen LogP contribution >= 0.6 is 0 Å². The lowest BCUT2D eigenvalue weighted by Crippen LogP contribution is -1.87. The van der Waals surface area contributed by atoms with Crippen LogP contribution in [0.25, 0.3) is 45.1 Å². The first-order chi connectivity index (χ1) is 12.8. The molecule has 7 nitrogen and oxygen atoms in total. The number of imidazole rings is 2. The smallest absolute Gasteiger partial charge is 0.309 e. The van der Waals surface area contributed by atoms with Crippen molar-refractivity contribution in [3.63, 3.8) is 0 Å². The first-order valence-corrected chi connectivity index (χ1v) is 8.12. The largest absolute Gasteiger partial charge is 0.480 e. The molecule has 126 valence electrons. The summed E-state index contributed by atoms with van der Waals surface area (Å²) in [6.07, 6.45) is 3.49. The van der Waals surface area contributed by atoms with E-state index >= 15 is 0 Å². The van der Waals surface area contributed by atoms with Gasteiger partial charge in [0.25, 0.3) is 0 Å². The standard InChI is InChI=1S/C19H12N4O3/c1-24-17-10-25-19-21-13-8-11(6-7-15(13)23(17)19)16-9-22-14-5-3-2-4-12(14)20-18(22)26-16/h2-10H,1H3. The van der Waals surface area contributed by atoms with E-state index in [0.717, 1.165) is 33.4 Å². The number of aromatic nitrogens is 4. The molecule has 0 atom stereocenters. The van der Waals surface area contributed by atoms with Crippen LogP contribution in [0.3, 0.4) is 0 Å². The van der Waals surface area contributed by atoms with Crippen LogP contribution in [0.15, 0.2) is 63.8 Å². The summed E-state index contributed by atoms with van der Waals surface area (Å²) in [4.78, 5) is 9.03. The van der Waals surface area contributed by atoms with Crippen molar-refractivity contribution in [1.82, 2.24) is 18.8 Å². The predicted molar refractivity (Wildman–Crippen MR) is 95.5 cm³/mol. The monoisotopic (exact) mass is 344 g/mol. The van der Waals surface area contributed by atoms with Crippen molar-refractivity contribution in [1.29, 1.82) is 0 Å². The van der Waals surface area contributed by atoms with Crippen molar-refractivity contribution in [2.45, 2.75) is 0 Å². The van der Waals surface area contributed by atoms with E-state index < -0.39 is 0 Å². The molecule has 4 aromatic heterocycles. The number of ether oxygens (including phenoxy) is 1. The SMILES string of the molecule is COc1coc2nc3cc(-c4cn5c(nc6ccccc65)o4)ccc3n12. The summed E-state index contributed by atoms with van der Waals surface area (Å²) in [6, 6.07) is 13.9. The van der Waals surface area contributed by atoms with Gasteiger partial charge in [0.15, 0.2) is 12.0 Å². The van der Waals surface area contributed by atoms with Crippen molar-refractivity contribution < 1.29 is 13.6 Å². The molecule has 0 unspecified atom stereocenters. The molecule has 0 aliphatic heterocycles. The lowest BCUT2D eigenvalue weighted by atomic mass is 10.1. The minimum absolute atomic E-state index is 0.495. The van der Waals surface area contributed by atoms with E-state index in [-0.39, 0.29) is 0 Å². The van der Waals surface area contributed by atoms with Crippen LogP contribution in [0.4, 0.5) is 0 Å². The second-order valence-corrected chi connectivity index (χ2v) is 6.06. The van der Waals surface area contributed by atoms with Gasteiger partial charge in [-0.1, -0.05) is 12.1 Å². The summed E-state index contributed by atoms with van der Waals surface area (Å²) in [7, 11) is 1.60. The molecule has 0 saturated carbocycles. The minimum atomic E-state index is 0.495. The summed E-state index contributed by atoms with van der Waals surface area (Å²) in [5, 5.41) is 0. The van der Waals surface area contributed by atoms with E-state index in [1.54, 1.807) is 13.4 Å². The second kappa shape index (κ2) is 4.66. The molecule has 26 heavy (non-hydrogen) atoms. The third kappa shape index (κ3) is 1.66. The van der Waals surface area contributed by atoms with Crippen LogP contribution in [0.2, 0.25) is 0 Å². The Labute approximate surface area is 146 Å². The lowest BCUT2D eigenvalue weighted by molar-refractivity contribution is 0.391. The molecule has 6 aromatic rings. The number of para-hydroxylation sites is 2. The predicted octanol–water partition coefficient (Wildman–Crippen LogP) is 4.15. The number of methoxy groups -OCH3 is 1. The Kier molecular flexibility index (Phi) is 2.43. The fraction of sp³-hybridized carbons (Fsp3) is 0.0526. The summed E-state index contributed by atoms with van der Waals surface area (Å²) >= 11 is 0. The zero-order valence-corrected chi connectivity index (χ0v) is 13.7. The zero-order chi connectivity index (χ0) is 17.3. The zero-order valence-electron chi connectivity index (χ0n) is 13.7. The third-order valence-corrected chi connectivity index (χ3v) is 4.61. The Balaban J connectivity index is 1.55. The molecule has 0 aliphatic rings. The van der Waals surface area contributed by atoms with Gasteiger partial charge in [0.1, 0.15) is 0 Å². The summed E-state index contributed by atoms with van der Waals surface area (Å²) in [5.41, 5.74) is 4.57. The van der Waals surface area contributed by atoms with Crippen molar-refractivity contribution in [3.05, 3.63) is 54.9 Å². The lowest BCUT2D eigenvalue weighted by Gasteiger charge is -1.98. The topological polar surface area (TPSA) is 70.1 Å². The Hall–Kier alpha value is -3.74. The van der Waals surface area contributed by atoms with Gasteiger partial charge in [0.05, 0.1) is 35.4 Å². The van der Waals surface area contributed by atoms with Gasteiger partial charge >= 0.3 is 11.7 Å². The van der Waals surface area contributed by atoms with E-state index in [4.69, 9.17) is 13.6 Å². The van der Waals surface area contributed by atoms with Gasteiger partial charge in [-0.2, -0.15) is 9.97 Å². The van der Waals surface area contributed by atoms with Crippen molar-refractivity contribution in [3.8, 4) is 17.2 Å². The quantitative estimate of drug-likeness (QED) is 0.472. The minimum Gasteiger partial charge on any atom is -0.480 e. The molecule has 0 fully saturated rings. The van der Waals surface area contributed by atoms with Crippen LogP contribution in [-0.2, 0) is 0 Å². The van der Waals surface area contributed by atoms with Crippen LogP contribution in [0.5, 0.6) is 5.88 Å². The average Bonchev–Trinajstić information content (AvgIpc) is 3.39. The number of hydrogen-bond acceptors (Lipinski definition) is 5. The van der Waals surface area contributed by atoms with Gasteiger partial charge in [-0.15, -0.1) is 0 Å². The molecule has 0 saturated heterocycles. The normalized spacial score (nSPS) is 12.0. The molecular weight excluding hydrogens is 332 g/mol. The Bertz CT molecular complexity index is 1430. The molecule has 0 spiro atoms. The van der Waals surface area contributed by atoms with E-state index in [0.29, 0.717) is 17.6 Å². The van der Waals surface area contributed by atoms with E-state index in [1.165, 1.54) is 0 Å². The number of fused-ring (bicyclic) bond motifs is 6. The molecule has 2 aromatic carbocycles. The summed E-state index contributed by atoms with van der Waals surface area (Å²) in [6.45, 7) is 0. The number of nitrogens with zero attached hydrogens (tertiary/aromatic N) is 4. The van der Waals surface area contributed by atoms with Crippen LogP contribution in [0, 0.1) is 0 Å². The highest BCUT2D eigenvalue weighted by atomic mass is 16.5. The fourth-order valence-electron chi connectivity index (χ4n) is 3.39. The molecule has 0 amide bonds. The maximum Gasteiger partial charge on any atom is 0.309 e. The van der Waals surface area contributed by atoms with E-state index in [1.807, 2.05) is 57.5 Å². The van der Waals surface area contributed by atoms with Crippen molar-refractivity contribution >= 4 is 33.8 Å². The van der Waals surface area contributed by atoms with Gasteiger partial charge in [-0.3, -0.25) is 4.40 Å². The molecule has 0 aliphatic carbocycles. The Morgan fingerprint density at radius 2 is 1.85 bits per heavy atom. The highest BCUT2D eigenvalue weighted by Gasteiger charge is 2.16. The molecule has 0 N–H and O–H groups in total. The molecule has 0 bridgehead atoms. The molecular formula is C19H12N4O3. The highest BCUT2D eigenvalue weighted by Crippen LogP contribution is 2.30.